The van der Waals surface area contributed by atoms with Crippen LogP contribution in [0, 0.1) is 11.3 Å². The van der Waals surface area contributed by atoms with E-state index < -0.39 is 68.7 Å². The molecular formula is C19H18F2N4O6S3. The number of sulfone groups is 2. The van der Waals surface area contributed by atoms with Crippen LogP contribution in [0.5, 0.6) is 0 Å². The second-order valence-electron chi connectivity index (χ2n) is 7.54. The van der Waals surface area contributed by atoms with Crippen LogP contribution in [0.15, 0.2) is 39.4 Å². The lowest BCUT2D eigenvalue weighted by Gasteiger charge is -2.19. The van der Waals surface area contributed by atoms with Crippen LogP contribution in [0.3, 0.4) is 0 Å². The Hall–Kier alpha value is -2.96. The average Bonchev–Trinajstić information content (AvgIpc) is 3.34. The van der Waals surface area contributed by atoms with Crippen LogP contribution in [-0.2, 0) is 30.2 Å². The van der Waals surface area contributed by atoms with Crippen molar-refractivity contribution in [2.45, 2.75) is 33.9 Å². The largest absolute Gasteiger partial charge is 0.342 e. The molecule has 0 bridgehead atoms. The van der Waals surface area contributed by atoms with E-state index >= 15 is 0 Å². The van der Waals surface area contributed by atoms with Gasteiger partial charge in [-0.2, -0.15) is 5.26 Å². The Bertz CT molecular complexity index is 1370. The number of thiazole rings is 1. The zero-order valence-electron chi connectivity index (χ0n) is 17.6. The fourth-order valence-electron chi connectivity index (χ4n) is 3.16. The molecule has 1 aromatic heterocycles. The minimum Gasteiger partial charge on any atom is -0.342 e. The molecule has 0 spiro atoms. The van der Waals surface area contributed by atoms with Gasteiger partial charge in [0.1, 0.15) is 22.5 Å². The summed E-state index contributed by atoms with van der Waals surface area (Å²) < 4.78 is 75.2. The van der Waals surface area contributed by atoms with Crippen molar-refractivity contribution in [2.75, 3.05) is 19.3 Å². The molecule has 1 aliphatic rings. The van der Waals surface area contributed by atoms with Gasteiger partial charge in [-0.3, -0.25) is 9.59 Å². The average molecular weight is 533 g/mol. The van der Waals surface area contributed by atoms with Gasteiger partial charge in [-0.25, -0.2) is 30.6 Å². The second-order valence-corrected chi connectivity index (χ2v) is 12.5. The van der Waals surface area contributed by atoms with Crippen LogP contribution in [0.2, 0.25) is 0 Å². The molecule has 1 fully saturated rings. The summed E-state index contributed by atoms with van der Waals surface area (Å²) in [6.07, 6.45) is 0.221. The number of carbonyl (C=O) groups is 2. The zero-order chi connectivity index (χ0) is 25.3. The quantitative estimate of drug-likeness (QED) is 0.554. The van der Waals surface area contributed by atoms with E-state index in [-0.39, 0.29) is 20.5 Å². The number of amides is 2. The molecule has 1 aromatic carbocycles. The van der Waals surface area contributed by atoms with Crippen molar-refractivity contribution in [2.24, 2.45) is 0 Å². The van der Waals surface area contributed by atoms with Gasteiger partial charge in [-0.1, -0.05) is 0 Å². The number of nitriles is 1. The van der Waals surface area contributed by atoms with Crippen molar-refractivity contribution in [3.05, 3.63) is 40.3 Å². The van der Waals surface area contributed by atoms with Gasteiger partial charge in [0.2, 0.25) is 5.91 Å². The summed E-state index contributed by atoms with van der Waals surface area (Å²) in [4.78, 5) is 28.9. The topological polar surface area (TPSA) is 154 Å². The molecule has 1 atom stereocenters. The number of alkyl halides is 2. The summed E-state index contributed by atoms with van der Waals surface area (Å²) in [7, 11) is -7.37. The van der Waals surface area contributed by atoms with Crippen LogP contribution in [0.4, 0.5) is 8.78 Å². The maximum absolute atomic E-state index is 13.5. The highest BCUT2D eigenvalue weighted by Crippen LogP contribution is 2.31. The number of hydrogen-bond acceptors (Lipinski definition) is 9. The summed E-state index contributed by atoms with van der Waals surface area (Å²) in [6, 6.07) is 5.01. The molecule has 2 heterocycles. The van der Waals surface area contributed by atoms with Gasteiger partial charge >= 0.3 is 0 Å². The van der Waals surface area contributed by atoms with Gasteiger partial charge in [0.15, 0.2) is 19.7 Å². The maximum atomic E-state index is 13.5. The van der Waals surface area contributed by atoms with Crippen LogP contribution in [-0.4, -0.2) is 69.8 Å². The third-order valence-corrected chi connectivity index (χ3v) is 8.65. The number of aromatic nitrogens is 1. The number of carbonyl (C=O) groups excluding carboxylic acids is 2. The summed E-state index contributed by atoms with van der Waals surface area (Å²) in [5.74, 6) is -5.40. The molecule has 2 aromatic rings. The molecule has 0 saturated carbocycles. The molecule has 15 heteroatoms. The highest BCUT2D eigenvalue weighted by Gasteiger charge is 2.47. The lowest BCUT2D eigenvalue weighted by molar-refractivity contribution is -0.131. The summed E-state index contributed by atoms with van der Waals surface area (Å²) in [5.41, 5.74) is -0.168. The Morgan fingerprint density at radius 2 is 1.85 bits per heavy atom. The van der Waals surface area contributed by atoms with Crippen LogP contribution >= 0.6 is 11.3 Å². The van der Waals surface area contributed by atoms with E-state index in [1.807, 2.05) is 0 Å². The first-order valence-corrected chi connectivity index (χ1v) is 14.0. The second kappa shape index (κ2) is 9.35. The fourth-order valence-corrected chi connectivity index (χ4v) is 6.20. The first kappa shape index (κ1) is 25.7. The van der Waals surface area contributed by atoms with E-state index in [2.05, 4.69) is 10.3 Å². The number of hydrogen-bond donors (Lipinski definition) is 1. The molecule has 0 aliphatic carbocycles. The molecule has 1 aliphatic heterocycles. The van der Waals surface area contributed by atoms with Crippen molar-refractivity contribution < 1.29 is 35.2 Å². The Balaban J connectivity index is 1.62. The molecule has 34 heavy (non-hydrogen) atoms. The Kier molecular flexibility index (Phi) is 7.06. The summed E-state index contributed by atoms with van der Waals surface area (Å²) >= 11 is 0.886. The van der Waals surface area contributed by atoms with Gasteiger partial charge in [-0.15, -0.1) is 11.3 Å². The summed E-state index contributed by atoms with van der Waals surface area (Å²) in [6.45, 7) is -1.55. The molecule has 3 rings (SSSR count). The Labute approximate surface area is 198 Å². The fraction of sp³-hybridized carbons (Fsp3) is 0.368. The molecule has 182 valence electrons. The van der Waals surface area contributed by atoms with Crippen LogP contribution in [0.1, 0.15) is 21.9 Å². The number of benzene rings is 1. The van der Waals surface area contributed by atoms with Crippen molar-refractivity contribution in [3.63, 3.8) is 0 Å². The zero-order valence-corrected chi connectivity index (χ0v) is 20.0. The summed E-state index contributed by atoms with van der Waals surface area (Å²) in [5, 5.41) is 12.5. The van der Waals surface area contributed by atoms with E-state index in [0.29, 0.717) is 4.90 Å². The number of nitrogens with zero attached hydrogens (tertiary/aromatic N) is 3. The maximum Gasteiger partial charge on any atom is 0.271 e. The van der Waals surface area contributed by atoms with E-state index in [9.17, 15) is 35.2 Å². The highest BCUT2D eigenvalue weighted by atomic mass is 32.2. The van der Waals surface area contributed by atoms with Crippen molar-refractivity contribution >= 4 is 42.8 Å². The standard InChI is InChI=1S/C19H18F2N4O6S3/c1-33(28,29)13-2-4-14(5-3-13)34(30,31)10-16-24-15(9-32-16)18(27)23-8-17(26)25-11-19(20,21)6-12(25)7-22/h2-5,9,12H,6,8,10-11H2,1H3,(H,23,27)/t12-/m0/s1. The number of halogens is 2. The smallest absolute Gasteiger partial charge is 0.271 e. The predicted octanol–water partition coefficient (Wildman–Crippen LogP) is 1.01. The van der Waals surface area contributed by atoms with Crippen molar-refractivity contribution in [3.8, 4) is 6.07 Å². The lowest BCUT2D eigenvalue weighted by atomic mass is 10.2. The first-order valence-electron chi connectivity index (χ1n) is 9.54. The monoisotopic (exact) mass is 532 g/mol. The molecule has 0 unspecified atom stereocenters. The first-order chi connectivity index (χ1) is 15.7. The van der Waals surface area contributed by atoms with Crippen LogP contribution in [0.25, 0.3) is 0 Å². The molecular weight excluding hydrogens is 514 g/mol. The van der Waals surface area contributed by atoms with E-state index in [1.165, 1.54) is 17.5 Å². The number of likely N-dealkylation sites (tertiary alicyclic amines) is 1. The third-order valence-electron chi connectivity index (χ3n) is 4.85. The van der Waals surface area contributed by atoms with Crippen molar-refractivity contribution in [1.29, 1.82) is 5.26 Å². The van der Waals surface area contributed by atoms with E-state index in [4.69, 9.17) is 5.26 Å². The van der Waals surface area contributed by atoms with E-state index in [0.717, 1.165) is 29.7 Å². The number of rotatable bonds is 7. The van der Waals surface area contributed by atoms with Gasteiger partial charge < -0.3 is 10.2 Å². The van der Waals surface area contributed by atoms with E-state index in [1.54, 1.807) is 6.07 Å². The van der Waals surface area contributed by atoms with Crippen molar-refractivity contribution in [1.82, 2.24) is 15.2 Å². The van der Waals surface area contributed by atoms with Crippen LogP contribution < -0.4 is 5.32 Å². The molecule has 10 nitrogen and oxygen atoms in total. The van der Waals surface area contributed by atoms with Gasteiger partial charge in [-0.05, 0) is 24.3 Å². The van der Waals surface area contributed by atoms with Gasteiger partial charge in [0, 0.05) is 18.1 Å². The highest BCUT2D eigenvalue weighted by molar-refractivity contribution is 7.91. The molecule has 1 N–H and O–H groups in total. The predicted molar refractivity (Wildman–Crippen MR) is 116 cm³/mol. The number of nitrogens with one attached hydrogen (secondary N) is 1. The lowest BCUT2D eigenvalue weighted by Crippen LogP contribution is -2.43. The normalized spacial score (nSPS) is 17.8. The Morgan fingerprint density at radius 1 is 1.24 bits per heavy atom. The van der Waals surface area contributed by atoms with Gasteiger partial charge in [0.25, 0.3) is 11.8 Å². The molecule has 0 radical (unpaired) electrons. The minimum atomic E-state index is -3.89. The van der Waals surface area contributed by atoms with Gasteiger partial charge in [0.05, 0.1) is 28.9 Å². The SMILES string of the molecule is CS(=O)(=O)c1ccc(S(=O)(=O)Cc2nc(C(=O)NCC(=O)N3CC(F)(F)C[C@H]3C#N)cs2)cc1. The Morgan fingerprint density at radius 3 is 2.44 bits per heavy atom. The third kappa shape index (κ3) is 5.93. The molecule has 1 saturated heterocycles. The minimum absolute atomic E-state index is 0.0343. The molecule has 2 amide bonds.